The van der Waals surface area contributed by atoms with Gasteiger partial charge in [0, 0.05) is 19.6 Å². The van der Waals surface area contributed by atoms with Gasteiger partial charge in [-0.2, -0.15) is 4.31 Å². The number of aromatic nitrogens is 2. The standard InChI is InChI=1S/C15H21N3O3S/c1-2-13-11-18(7-9-21-13)22(19,20)10-8-17-12-16-14-5-3-4-6-15(14)17/h3-6,12-13H,2,7-11H2,1H3/t13-/m0/s1. The Labute approximate surface area is 130 Å². The molecule has 2 heterocycles. The quantitative estimate of drug-likeness (QED) is 0.836. The Morgan fingerprint density at radius 1 is 1.36 bits per heavy atom. The molecular weight excluding hydrogens is 302 g/mol. The molecule has 1 aromatic heterocycles. The van der Waals surface area contributed by atoms with Crippen LogP contribution in [-0.2, 0) is 21.3 Å². The van der Waals surface area contributed by atoms with E-state index in [2.05, 4.69) is 4.98 Å². The van der Waals surface area contributed by atoms with E-state index < -0.39 is 10.0 Å². The molecule has 1 atom stereocenters. The fourth-order valence-corrected chi connectivity index (χ4v) is 4.15. The van der Waals surface area contributed by atoms with Crippen LogP contribution in [0.2, 0.25) is 0 Å². The SMILES string of the molecule is CC[C@H]1CN(S(=O)(=O)CCn2cnc3ccccc32)CCO1. The Morgan fingerprint density at radius 3 is 3.00 bits per heavy atom. The van der Waals surface area contributed by atoms with Crippen LogP contribution in [0, 0.1) is 0 Å². The van der Waals surface area contributed by atoms with E-state index in [9.17, 15) is 8.42 Å². The average molecular weight is 323 g/mol. The zero-order valence-electron chi connectivity index (χ0n) is 12.7. The molecule has 3 rings (SSSR count). The lowest BCUT2D eigenvalue weighted by Gasteiger charge is -2.31. The molecule has 0 bridgehead atoms. The number of imidazole rings is 1. The molecule has 1 aromatic carbocycles. The summed E-state index contributed by atoms with van der Waals surface area (Å²) in [5.41, 5.74) is 1.85. The Morgan fingerprint density at radius 2 is 2.18 bits per heavy atom. The summed E-state index contributed by atoms with van der Waals surface area (Å²) in [7, 11) is -3.27. The molecular formula is C15H21N3O3S. The first kappa shape index (κ1) is 15.5. The van der Waals surface area contributed by atoms with Gasteiger partial charge in [0.2, 0.25) is 10.0 Å². The molecule has 0 unspecified atom stereocenters. The zero-order chi connectivity index (χ0) is 15.6. The highest BCUT2D eigenvalue weighted by Crippen LogP contribution is 2.15. The number of hydrogen-bond donors (Lipinski definition) is 0. The van der Waals surface area contributed by atoms with Crippen LogP contribution in [0.3, 0.4) is 0 Å². The molecule has 1 aliphatic rings. The van der Waals surface area contributed by atoms with Crippen molar-refractivity contribution in [3.05, 3.63) is 30.6 Å². The summed E-state index contributed by atoms with van der Waals surface area (Å²) in [6.45, 7) is 3.81. The molecule has 2 aromatic rings. The van der Waals surface area contributed by atoms with Crippen LogP contribution < -0.4 is 0 Å². The zero-order valence-corrected chi connectivity index (χ0v) is 13.5. The van der Waals surface area contributed by atoms with Crippen molar-refractivity contribution in [2.75, 3.05) is 25.4 Å². The van der Waals surface area contributed by atoms with E-state index >= 15 is 0 Å². The van der Waals surface area contributed by atoms with Crippen LogP contribution >= 0.6 is 0 Å². The fourth-order valence-electron chi connectivity index (χ4n) is 2.72. The maximum Gasteiger partial charge on any atom is 0.216 e. The maximum atomic E-state index is 12.5. The highest BCUT2D eigenvalue weighted by molar-refractivity contribution is 7.89. The second-order valence-electron chi connectivity index (χ2n) is 5.50. The molecule has 7 heteroatoms. The van der Waals surface area contributed by atoms with Gasteiger partial charge in [-0.15, -0.1) is 0 Å². The van der Waals surface area contributed by atoms with Crippen molar-refractivity contribution in [3.63, 3.8) is 0 Å². The Hall–Kier alpha value is -1.44. The lowest BCUT2D eigenvalue weighted by atomic mass is 10.2. The van der Waals surface area contributed by atoms with Crippen LogP contribution in [0.4, 0.5) is 0 Å². The van der Waals surface area contributed by atoms with Gasteiger partial charge in [0.05, 0.1) is 35.8 Å². The van der Waals surface area contributed by atoms with Gasteiger partial charge in [0.1, 0.15) is 0 Å². The minimum Gasteiger partial charge on any atom is -0.375 e. The second-order valence-corrected chi connectivity index (χ2v) is 7.59. The number of morpholine rings is 1. The first-order chi connectivity index (χ1) is 10.6. The topological polar surface area (TPSA) is 64.4 Å². The molecule has 0 saturated carbocycles. The van der Waals surface area contributed by atoms with Gasteiger partial charge in [-0.1, -0.05) is 19.1 Å². The van der Waals surface area contributed by atoms with Crippen molar-refractivity contribution in [1.82, 2.24) is 13.9 Å². The van der Waals surface area contributed by atoms with E-state index in [1.807, 2.05) is 35.8 Å². The van der Waals surface area contributed by atoms with Gasteiger partial charge in [0.25, 0.3) is 0 Å². The molecule has 0 N–H and O–H groups in total. The summed E-state index contributed by atoms with van der Waals surface area (Å²) in [6, 6.07) is 7.74. The third-order valence-electron chi connectivity index (χ3n) is 4.07. The van der Waals surface area contributed by atoms with Crippen molar-refractivity contribution in [2.45, 2.75) is 26.0 Å². The molecule has 1 fully saturated rings. The first-order valence-electron chi connectivity index (χ1n) is 7.59. The summed E-state index contributed by atoms with van der Waals surface area (Å²) in [5.74, 6) is 0.0871. The Kier molecular flexibility index (Phi) is 4.46. The fraction of sp³-hybridized carbons (Fsp3) is 0.533. The normalized spacial score (nSPS) is 20.5. The third kappa shape index (κ3) is 3.16. The predicted octanol–water partition coefficient (Wildman–Crippen LogP) is 1.48. The first-order valence-corrected chi connectivity index (χ1v) is 9.20. The molecule has 0 aliphatic carbocycles. The third-order valence-corrected chi connectivity index (χ3v) is 5.88. The highest BCUT2D eigenvalue weighted by atomic mass is 32.2. The summed E-state index contributed by atoms with van der Waals surface area (Å²) in [4.78, 5) is 4.29. The van der Waals surface area contributed by atoms with Gasteiger partial charge >= 0.3 is 0 Å². The van der Waals surface area contributed by atoms with Gasteiger partial charge in [0.15, 0.2) is 0 Å². The molecule has 6 nitrogen and oxygen atoms in total. The summed E-state index contributed by atoms with van der Waals surface area (Å²) < 4.78 is 34.0. The number of rotatable bonds is 5. The summed E-state index contributed by atoms with van der Waals surface area (Å²) in [6.07, 6.45) is 2.55. The van der Waals surface area contributed by atoms with Gasteiger partial charge < -0.3 is 9.30 Å². The number of sulfonamides is 1. The number of ether oxygens (including phenoxy) is 1. The molecule has 0 radical (unpaired) electrons. The van der Waals surface area contributed by atoms with Crippen LogP contribution in [0.1, 0.15) is 13.3 Å². The summed E-state index contributed by atoms with van der Waals surface area (Å²) in [5, 5.41) is 0. The van der Waals surface area contributed by atoms with E-state index in [-0.39, 0.29) is 11.9 Å². The number of fused-ring (bicyclic) bond motifs is 1. The van der Waals surface area contributed by atoms with E-state index in [0.29, 0.717) is 26.2 Å². The largest absolute Gasteiger partial charge is 0.375 e. The molecule has 120 valence electrons. The van der Waals surface area contributed by atoms with E-state index in [0.717, 1.165) is 17.5 Å². The average Bonchev–Trinajstić information content (AvgIpc) is 2.96. The second kappa shape index (κ2) is 6.36. The molecule has 1 saturated heterocycles. The van der Waals surface area contributed by atoms with Gasteiger partial charge in [-0.25, -0.2) is 13.4 Å². The molecule has 1 aliphatic heterocycles. The number of hydrogen-bond acceptors (Lipinski definition) is 4. The lowest BCUT2D eigenvalue weighted by Crippen LogP contribution is -2.46. The van der Waals surface area contributed by atoms with Crippen molar-refractivity contribution >= 4 is 21.1 Å². The summed E-state index contributed by atoms with van der Waals surface area (Å²) >= 11 is 0. The minimum atomic E-state index is -3.27. The van der Waals surface area contributed by atoms with Crippen molar-refractivity contribution < 1.29 is 13.2 Å². The van der Waals surface area contributed by atoms with Crippen molar-refractivity contribution in [2.24, 2.45) is 0 Å². The van der Waals surface area contributed by atoms with Crippen LogP contribution in [0.5, 0.6) is 0 Å². The van der Waals surface area contributed by atoms with Gasteiger partial charge in [-0.05, 0) is 18.6 Å². The highest BCUT2D eigenvalue weighted by Gasteiger charge is 2.28. The van der Waals surface area contributed by atoms with Crippen LogP contribution in [0.15, 0.2) is 30.6 Å². The number of nitrogens with zero attached hydrogens (tertiary/aromatic N) is 3. The van der Waals surface area contributed by atoms with Gasteiger partial charge in [-0.3, -0.25) is 0 Å². The number of benzene rings is 1. The van der Waals surface area contributed by atoms with E-state index in [4.69, 9.17) is 4.74 Å². The Balaban J connectivity index is 1.69. The minimum absolute atomic E-state index is 0.0117. The van der Waals surface area contributed by atoms with Crippen LogP contribution in [0.25, 0.3) is 11.0 Å². The predicted molar refractivity (Wildman–Crippen MR) is 85.1 cm³/mol. The maximum absolute atomic E-state index is 12.5. The van der Waals surface area contributed by atoms with Crippen molar-refractivity contribution in [3.8, 4) is 0 Å². The van der Waals surface area contributed by atoms with Crippen molar-refractivity contribution in [1.29, 1.82) is 0 Å². The lowest BCUT2D eigenvalue weighted by molar-refractivity contribution is -0.00278. The smallest absolute Gasteiger partial charge is 0.216 e. The molecule has 0 amide bonds. The molecule has 22 heavy (non-hydrogen) atoms. The van der Waals surface area contributed by atoms with Crippen LogP contribution in [-0.4, -0.2) is 53.8 Å². The monoisotopic (exact) mass is 323 g/mol. The molecule has 0 spiro atoms. The van der Waals surface area contributed by atoms with E-state index in [1.165, 1.54) is 0 Å². The van der Waals surface area contributed by atoms with E-state index in [1.54, 1.807) is 10.6 Å². The number of para-hydroxylation sites is 2. The number of aryl methyl sites for hydroxylation is 1. The Bertz CT molecular complexity index is 741.